The first kappa shape index (κ1) is 17.1. The summed E-state index contributed by atoms with van der Waals surface area (Å²) in [5.74, 6) is -0.467. The number of morpholine rings is 1. The molecule has 22 heavy (non-hydrogen) atoms. The Balaban J connectivity index is 1.79. The van der Waals surface area contributed by atoms with Gasteiger partial charge in [0.25, 0.3) is 5.91 Å². The summed E-state index contributed by atoms with van der Waals surface area (Å²) < 4.78 is 34.4. The fourth-order valence-corrected chi connectivity index (χ4v) is 3.27. The summed E-state index contributed by atoms with van der Waals surface area (Å²) >= 11 is 1.08. The lowest BCUT2D eigenvalue weighted by atomic mass is 10.2. The van der Waals surface area contributed by atoms with Crippen molar-refractivity contribution in [1.82, 2.24) is 10.2 Å². The molecule has 8 heteroatoms. The second-order valence-electron chi connectivity index (χ2n) is 5.27. The first-order valence-corrected chi connectivity index (χ1v) is 8.02. The minimum atomic E-state index is -2.93. The molecule has 1 aromatic heterocycles. The SMILES string of the molecule is CC1CN(CCNC(=O)c2sccc2OC(F)F)CC(C)O1. The van der Waals surface area contributed by atoms with Crippen LogP contribution >= 0.6 is 11.3 Å². The Morgan fingerprint density at radius 2 is 2.18 bits per heavy atom. The van der Waals surface area contributed by atoms with Crippen LogP contribution in [0.4, 0.5) is 8.78 Å². The molecule has 2 rings (SSSR count). The molecule has 1 aromatic rings. The van der Waals surface area contributed by atoms with Gasteiger partial charge in [0.05, 0.1) is 12.2 Å². The predicted octanol–water partition coefficient (Wildman–Crippen LogP) is 2.19. The van der Waals surface area contributed by atoms with Gasteiger partial charge in [-0.3, -0.25) is 9.69 Å². The first-order valence-electron chi connectivity index (χ1n) is 7.14. The molecule has 1 saturated heterocycles. The van der Waals surface area contributed by atoms with E-state index in [1.54, 1.807) is 5.38 Å². The fourth-order valence-electron chi connectivity index (χ4n) is 2.53. The van der Waals surface area contributed by atoms with Crippen LogP contribution in [0.5, 0.6) is 5.75 Å². The third-order valence-electron chi connectivity index (χ3n) is 3.26. The standard InChI is InChI=1S/C14H20F2N2O3S/c1-9-7-18(8-10(2)20-9)5-4-17-13(19)12-11(3-6-22-12)21-14(15)16/h3,6,9-10,14H,4-5,7-8H2,1-2H3,(H,17,19). The van der Waals surface area contributed by atoms with E-state index < -0.39 is 6.61 Å². The Labute approximate surface area is 132 Å². The smallest absolute Gasteiger partial charge is 0.387 e. The van der Waals surface area contributed by atoms with Gasteiger partial charge < -0.3 is 14.8 Å². The molecule has 0 aromatic carbocycles. The van der Waals surface area contributed by atoms with Gasteiger partial charge in [-0.15, -0.1) is 11.3 Å². The van der Waals surface area contributed by atoms with E-state index in [1.807, 2.05) is 13.8 Å². The number of ether oxygens (including phenoxy) is 2. The maximum atomic E-state index is 12.2. The Bertz CT molecular complexity index is 488. The Morgan fingerprint density at radius 3 is 2.82 bits per heavy atom. The van der Waals surface area contributed by atoms with Crippen molar-refractivity contribution in [3.05, 3.63) is 16.3 Å². The first-order chi connectivity index (χ1) is 10.5. The van der Waals surface area contributed by atoms with Crippen LogP contribution in [0.25, 0.3) is 0 Å². The van der Waals surface area contributed by atoms with Crippen LogP contribution < -0.4 is 10.1 Å². The highest BCUT2D eigenvalue weighted by Gasteiger charge is 2.22. The van der Waals surface area contributed by atoms with Crippen molar-refractivity contribution in [3.63, 3.8) is 0 Å². The summed E-state index contributed by atoms with van der Waals surface area (Å²) in [6.07, 6.45) is 0.339. The van der Waals surface area contributed by atoms with Crippen LogP contribution in [-0.2, 0) is 4.74 Å². The highest BCUT2D eigenvalue weighted by Crippen LogP contribution is 2.26. The topological polar surface area (TPSA) is 50.8 Å². The van der Waals surface area contributed by atoms with Gasteiger partial charge in [-0.25, -0.2) is 0 Å². The number of thiophene rings is 1. The molecular formula is C14H20F2N2O3S. The zero-order chi connectivity index (χ0) is 16.1. The molecular weight excluding hydrogens is 314 g/mol. The van der Waals surface area contributed by atoms with E-state index in [0.29, 0.717) is 13.1 Å². The summed E-state index contributed by atoms with van der Waals surface area (Å²) in [7, 11) is 0. The molecule has 124 valence electrons. The van der Waals surface area contributed by atoms with Crippen LogP contribution in [0, 0.1) is 0 Å². The number of amides is 1. The Morgan fingerprint density at radius 1 is 1.50 bits per heavy atom. The molecule has 2 unspecified atom stereocenters. The largest absolute Gasteiger partial charge is 0.433 e. The number of rotatable bonds is 6. The van der Waals surface area contributed by atoms with Crippen molar-refractivity contribution in [2.75, 3.05) is 26.2 Å². The molecule has 1 aliphatic rings. The van der Waals surface area contributed by atoms with Crippen molar-refractivity contribution in [1.29, 1.82) is 0 Å². The molecule has 0 bridgehead atoms. The van der Waals surface area contributed by atoms with Crippen molar-refractivity contribution in [2.45, 2.75) is 32.7 Å². The van der Waals surface area contributed by atoms with Crippen LogP contribution in [0.15, 0.2) is 11.4 Å². The van der Waals surface area contributed by atoms with Gasteiger partial charge in [0.1, 0.15) is 10.6 Å². The number of halogens is 2. The van der Waals surface area contributed by atoms with Crippen molar-refractivity contribution >= 4 is 17.2 Å². The second kappa shape index (κ2) is 7.85. The zero-order valence-electron chi connectivity index (χ0n) is 12.6. The van der Waals surface area contributed by atoms with E-state index in [2.05, 4.69) is 15.0 Å². The molecule has 0 aliphatic carbocycles. The summed E-state index contributed by atoms with van der Waals surface area (Å²) in [6, 6.07) is 1.37. The van der Waals surface area contributed by atoms with Crippen LogP contribution in [0.1, 0.15) is 23.5 Å². The van der Waals surface area contributed by atoms with Crippen LogP contribution in [-0.4, -0.2) is 55.8 Å². The molecule has 1 amide bonds. The molecule has 0 saturated carbocycles. The summed E-state index contributed by atoms with van der Waals surface area (Å²) in [5, 5.41) is 4.29. The molecule has 2 atom stereocenters. The summed E-state index contributed by atoms with van der Waals surface area (Å²) in [6.45, 7) is 3.88. The highest BCUT2D eigenvalue weighted by atomic mass is 32.1. The lowest BCUT2D eigenvalue weighted by Gasteiger charge is -2.35. The van der Waals surface area contributed by atoms with Crippen molar-refractivity contribution < 1.29 is 23.0 Å². The van der Waals surface area contributed by atoms with Gasteiger partial charge in [0.15, 0.2) is 0 Å². The van der Waals surface area contributed by atoms with Gasteiger partial charge in [-0.05, 0) is 25.3 Å². The molecule has 0 radical (unpaired) electrons. The van der Waals surface area contributed by atoms with Gasteiger partial charge in [0, 0.05) is 26.2 Å². The minimum Gasteiger partial charge on any atom is -0.433 e. The zero-order valence-corrected chi connectivity index (χ0v) is 13.4. The number of nitrogens with one attached hydrogen (secondary N) is 1. The normalized spacial score (nSPS) is 22.8. The number of alkyl halides is 2. The Hall–Kier alpha value is -1.25. The quantitative estimate of drug-likeness (QED) is 0.866. The lowest BCUT2D eigenvalue weighted by Crippen LogP contribution is -2.47. The maximum absolute atomic E-state index is 12.2. The fraction of sp³-hybridized carbons (Fsp3) is 0.643. The van der Waals surface area contributed by atoms with E-state index in [9.17, 15) is 13.6 Å². The van der Waals surface area contributed by atoms with E-state index in [4.69, 9.17) is 4.74 Å². The molecule has 1 fully saturated rings. The highest BCUT2D eigenvalue weighted by molar-refractivity contribution is 7.12. The number of carbonyl (C=O) groups is 1. The summed E-state index contributed by atoms with van der Waals surface area (Å²) in [5.41, 5.74) is 0. The van der Waals surface area contributed by atoms with E-state index in [1.165, 1.54) is 6.07 Å². The Kier molecular flexibility index (Phi) is 6.10. The van der Waals surface area contributed by atoms with Gasteiger partial charge in [0.2, 0.25) is 0 Å². The molecule has 2 heterocycles. The monoisotopic (exact) mass is 334 g/mol. The minimum absolute atomic E-state index is 0.0777. The molecule has 1 N–H and O–H groups in total. The molecule has 1 aliphatic heterocycles. The van der Waals surface area contributed by atoms with Crippen LogP contribution in [0.3, 0.4) is 0 Å². The van der Waals surface area contributed by atoms with Gasteiger partial charge >= 0.3 is 6.61 Å². The van der Waals surface area contributed by atoms with E-state index in [0.717, 1.165) is 24.4 Å². The van der Waals surface area contributed by atoms with Crippen LogP contribution in [0.2, 0.25) is 0 Å². The van der Waals surface area contributed by atoms with E-state index >= 15 is 0 Å². The van der Waals surface area contributed by atoms with Gasteiger partial charge in [-0.1, -0.05) is 0 Å². The maximum Gasteiger partial charge on any atom is 0.387 e. The molecule has 0 spiro atoms. The van der Waals surface area contributed by atoms with Crippen molar-refractivity contribution in [3.8, 4) is 5.75 Å². The third-order valence-corrected chi connectivity index (χ3v) is 4.15. The number of nitrogens with zero attached hydrogens (tertiary/aromatic N) is 1. The number of hydrogen-bond donors (Lipinski definition) is 1. The number of hydrogen-bond acceptors (Lipinski definition) is 5. The lowest BCUT2D eigenvalue weighted by molar-refractivity contribution is -0.0672. The predicted molar refractivity (Wildman–Crippen MR) is 79.7 cm³/mol. The molecule has 5 nitrogen and oxygen atoms in total. The average molecular weight is 334 g/mol. The van der Waals surface area contributed by atoms with Crippen molar-refractivity contribution in [2.24, 2.45) is 0 Å². The second-order valence-corrected chi connectivity index (χ2v) is 6.18. The van der Waals surface area contributed by atoms with E-state index in [-0.39, 0.29) is 28.7 Å². The third kappa shape index (κ3) is 4.89. The number of carbonyl (C=O) groups excluding carboxylic acids is 1. The average Bonchev–Trinajstić information content (AvgIpc) is 2.84. The van der Waals surface area contributed by atoms with Gasteiger partial charge in [-0.2, -0.15) is 8.78 Å². The summed E-state index contributed by atoms with van der Waals surface area (Å²) in [4.78, 5) is 14.4.